The van der Waals surface area contributed by atoms with Crippen molar-refractivity contribution in [2.24, 2.45) is 0 Å². The molecule has 4 heteroatoms. The number of rotatable bonds is 3. The molecule has 17 heavy (non-hydrogen) atoms. The third-order valence-electron chi connectivity index (χ3n) is 2.68. The van der Waals surface area contributed by atoms with E-state index in [1.54, 1.807) is 11.3 Å². The molecule has 3 nitrogen and oxygen atoms in total. The second-order valence-corrected chi connectivity index (χ2v) is 5.56. The summed E-state index contributed by atoms with van der Waals surface area (Å²) in [4.78, 5) is 4.36. The topological polar surface area (TPSA) is 50.9 Å². The van der Waals surface area contributed by atoms with Gasteiger partial charge in [0.1, 0.15) is 5.01 Å². The van der Waals surface area contributed by atoms with Crippen LogP contribution in [-0.2, 0) is 5.54 Å². The molecule has 3 N–H and O–H groups in total. The third kappa shape index (κ3) is 2.58. The van der Waals surface area contributed by atoms with Crippen LogP contribution in [0.2, 0.25) is 0 Å². The monoisotopic (exact) mass is 247 g/mol. The van der Waals surface area contributed by atoms with Gasteiger partial charge in [-0.05, 0) is 38.5 Å². The van der Waals surface area contributed by atoms with Crippen LogP contribution in [0.3, 0.4) is 0 Å². The maximum absolute atomic E-state index is 5.81. The predicted octanol–water partition coefficient (Wildman–Crippen LogP) is 3.38. The van der Waals surface area contributed by atoms with E-state index in [0.717, 1.165) is 16.4 Å². The molecule has 0 aliphatic rings. The van der Waals surface area contributed by atoms with E-state index in [9.17, 15) is 0 Å². The minimum Gasteiger partial charge on any atom is -0.399 e. The Kier molecular flexibility index (Phi) is 3.07. The second-order valence-electron chi connectivity index (χ2n) is 4.66. The van der Waals surface area contributed by atoms with Crippen molar-refractivity contribution in [3.8, 4) is 0 Å². The first-order valence-electron chi connectivity index (χ1n) is 5.53. The summed E-state index contributed by atoms with van der Waals surface area (Å²) in [6.07, 6.45) is 1.83. The first kappa shape index (κ1) is 11.9. The molecule has 0 atom stereocenters. The molecule has 0 fully saturated rings. The zero-order valence-electron chi connectivity index (χ0n) is 10.3. The molecule has 0 bridgehead atoms. The number of nitrogens with zero attached hydrogens (tertiary/aromatic N) is 1. The molecule has 2 rings (SSSR count). The van der Waals surface area contributed by atoms with Crippen LogP contribution in [0.15, 0.2) is 29.8 Å². The summed E-state index contributed by atoms with van der Waals surface area (Å²) in [6.45, 7) is 6.31. The van der Waals surface area contributed by atoms with E-state index in [1.165, 1.54) is 5.56 Å². The van der Waals surface area contributed by atoms with E-state index in [0.29, 0.717) is 0 Å². The van der Waals surface area contributed by atoms with E-state index in [-0.39, 0.29) is 5.54 Å². The molecule has 0 radical (unpaired) electrons. The number of nitrogens with two attached hydrogens (primary N) is 1. The van der Waals surface area contributed by atoms with E-state index in [1.807, 2.05) is 29.8 Å². The van der Waals surface area contributed by atoms with Crippen LogP contribution < -0.4 is 11.1 Å². The fraction of sp³-hybridized carbons (Fsp3) is 0.308. The smallest absolute Gasteiger partial charge is 0.117 e. The number of benzene rings is 1. The molecule has 1 heterocycles. The van der Waals surface area contributed by atoms with Gasteiger partial charge in [-0.1, -0.05) is 6.07 Å². The highest BCUT2D eigenvalue weighted by molar-refractivity contribution is 7.09. The number of anilines is 2. The summed E-state index contributed by atoms with van der Waals surface area (Å²) < 4.78 is 0. The summed E-state index contributed by atoms with van der Waals surface area (Å²) in [5.74, 6) is 0. The normalized spacial score (nSPS) is 11.5. The van der Waals surface area contributed by atoms with Crippen LogP contribution in [0.25, 0.3) is 0 Å². The van der Waals surface area contributed by atoms with Crippen LogP contribution in [0.1, 0.15) is 24.4 Å². The standard InChI is InChI=1S/C13H17N3S/c1-9-4-5-10(14)8-11(9)16-13(2,3)12-15-6-7-17-12/h4-8,16H,14H2,1-3H3. The summed E-state index contributed by atoms with van der Waals surface area (Å²) in [5, 5.41) is 6.56. The summed E-state index contributed by atoms with van der Waals surface area (Å²) in [7, 11) is 0. The number of aromatic nitrogens is 1. The van der Waals surface area contributed by atoms with Crippen LogP contribution in [0.4, 0.5) is 11.4 Å². The van der Waals surface area contributed by atoms with Gasteiger partial charge in [0.25, 0.3) is 0 Å². The summed E-state index contributed by atoms with van der Waals surface area (Å²) >= 11 is 1.65. The van der Waals surface area contributed by atoms with Crippen LogP contribution in [-0.4, -0.2) is 4.98 Å². The average Bonchev–Trinajstić information content (AvgIpc) is 2.77. The Bertz CT molecular complexity index is 503. The van der Waals surface area contributed by atoms with Gasteiger partial charge in [0, 0.05) is 23.0 Å². The minimum absolute atomic E-state index is 0.188. The Labute approximate surface area is 106 Å². The number of nitrogens with one attached hydrogen (secondary N) is 1. The lowest BCUT2D eigenvalue weighted by Gasteiger charge is -2.26. The Morgan fingerprint density at radius 3 is 2.76 bits per heavy atom. The van der Waals surface area contributed by atoms with Crippen molar-refractivity contribution >= 4 is 22.7 Å². The van der Waals surface area contributed by atoms with Gasteiger partial charge >= 0.3 is 0 Å². The zero-order chi connectivity index (χ0) is 12.5. The SMILES string of the molecule is Cc1ccc(N)cc1NC(C)(C)c1nccs1. The Hall–Kier alpha value is -1.55. The van der Waals surface area contributed by atoms with Gasteiger partial charge < -0.3 is 11.1 Å². The quantitative estimate of drug-likeness (QED) is 0.817. The molecular formula is C13H17N3S. The minimum atomic E-state index is -0.188. The van der Waals surface area contributed by atoms with E-state index in [4.69, 9.17) is 5.73 Å². The average molecular weight is 247 g/mol. The lowest BCUT2D eigenvalue weighted by atomic mass is 10.0. The Morgan fingerprint density at radius 2 is 2.12 bits per heavy atom. The van der Waals surface area contributed by atoms with Gasteiger partial charge in [-0.3, -0.25) is 0 Å². The third-order valence-corrected chi connectivity index (χ3v) is 3.77. The fourth-order valence-electron chi connectivity index (χ4n) is 1.70. The Balaban J connectivity index is 2.29. The highest BCUT2D eigenvalue weighted by Crippen LogP contribution is 2.29. The van der Waals surface area contributed by atoms with Crippen LogP contribution in [0, 0.1) is 6.92 Å². The van der Waals surface area contributed by atoms with Crippen molar-refractivity contribution in [2.45, 2.75) is 26.3 Å². The van der Waals surface area contributed by atoms with Crippen molar-refractivity contribution in [1.29, 1.82) is 0 Å². The molecule has 90 valence electrons. The van der Waals surface area contributed by atoms with E-state index >= 15 is 0 Å². The van der Waals surface area contributed by atoms with Gasteiger partial charge in [0.05, 0.1) is 5.54 Å². The molecule has 0 amide bonds. The predicted molar refractivity (Wildman–Crippen MR) is 74.4 cm³/mol. The first-order chi connectivity index (χ1) is 7.99. The molecular weight excluding hydrogens is 230 g/mol. The number of aryl methyl sites for hydroxylation is 1. The number of hydrogen-bond acceptors (Lipinski definition) is 4. The molecule has 0 aliphatic carbocycles. The van der Waals surface area contributed by atoms with Gasteiger partial charge in [-0.25, -0.2) is 4.98 Å². The van der Waals surface area contributed by atoms with E-state index < -0.39 is 0 Å². The molecule has 0 aliphatic heterocycles. The van der Waals surface area contributed by atoms with Gasteiger partial charge in [0.15, 0.2) is 0 Å². The molecule has 0 spiro atoms. The molecule has 0 saturated carbocycles. The van der Waals surface area contributed by atoms with Gasteiger partial charge in [0.2, 0.25) is 0 Å². The summed E-state index contributed by atoms with van der Waals surface area (Å²) in [5.41, 5.74) is 8.64. The van der Waals surface area contributed by atoms with Gasteiger partial charge in [-0.15, -0.1) is 11.3 Å². The number of thiazole rings is 1. The number of hydrogen-bond donors (Lipinski definition) is 2. The number of nitrogen functional groups attached to an aromatic ring is 1. The van der Waals surface area contributed by atoms with Crippen LogP contribution in [0.5, 0.6) is 0 Å². The fourth-order valence-corrected chi connectivity index (χ4v) is 2.41. The zero-order valence-corrected chi connectivity index (χ0v) is 11.1. The van der Waals surface area contributed by atoms with Crippen molar-refractivity contribution in [3.05, 3.63) is 40.3 Å². The van der Waals surface area contributed by atoms with Gasteiger partial charge in [-0.2, -0.15) is 0 Å². The lowest BCUT2D eigenvalue weighted by Crippen LogP contribution is -2.28. The van der Waals surface area contributed by atoms with Crippen molar-refractivity contribution < 1.29 is 0 Å². The largest absolute Gasteiger partial charge is 0.399 e. The van der Waals surface area contributed by atoms with Crippen LogP contribution >= 0.6 is 11.3 Å². The molecule has 0 unspecified atom stereocenters. The maximum Gasteiger partial charge on any atom is 0.117 e. The second kappa shape index (κ2) is 4.37. The maximum atomic E-state index is 5.81. The molecule has 0 saturated heterocycles. The summed E-state index contributed by atoms with van der Waals surface area (Å²) in [6, 6.07) is 5.90. The lowest BCUT2D eigenvalue weighted by molar-refractivity contribution is 0.604. The first-order valence-corrected chi connectivity index (χ1v) is 6.41. The van der Waals surface area contributed by atoms with Crippen molar-refractivity contribution in [2.75, 3.05) is 11.1 Å². The molecule has 1 aromatic carbocycles. The van der Waals surface area contributed by atoms with E-state index in [2.05, 4.69) is 31.1 Å². The van der Waals surface area contributed by atoms with Crippen molar-refractivity contribution in [3.63, 3.8) is 0 Å². The van der Waals surface area contributed by atoms with Crippen molar-refractivity contribution in [1.82, 2.24) is 4.98 Å². The molecule has 1 aromatic heterocycles. The molecule has 2 aromatic rings. The Morgan fingerprint density at radius 1 is 1.35 bits per heavy atom. The highest BCUT2D eigenvalue weighted by Gasteiger charge is 2.23. The highest BCUT2D eigenvalue weighted by atomic mass is 32.1.